The van der Waals surface area contributed by atoms with E-state index in [2.05, 4.69) is 9.80 Å². The van der Waals surface area contributed by atoms with Gasteiger partial charge in [0.05, 0.1) is 16.3 Å². The Kier molecular flexibility index (Phi) is 4.91. The second kappa shape index (κ2) is 6.20. The van der Waals surface area contributed by atoms with Crippen molar-refractivity contribution in [2.45, 2.75) is 6.92 Å². The smallest absolute Gasteiger partial charge is 0.271 e. The molecular weight excluding hydrogens is 232 g/mol. The molecule has 0 spiro atoms. The van der Waals surface area contributed by atoms with Gasteiger partial charge in [-0.05, 0) is 27.1 Å². The first-order chi connectivity index (χ1) is 8.45. The SMILES string of the molecule is CCN(CCN(C)C)c1ccc([N+](=O)[O-])cc1N. The van der Waals surface area contributed by atoms with Gasteiger partial charge in [-0.1, -0.05) is 0 Å². The third-order valence-corrected chi connectivity index (χ3v) is 2.76. The van der Waals surface area contributed by atoms with Crippen molar-refractivity contribution in [1.82, 2.24) is 4.90 Å². The summed E-state index contributed by atoms with van der Waals surface area (Å²) in [5, 5.41) is 10.6. The summed E-state index contributed by atoms with van der Waals surface area (Å²) in [5.41, 5.74) is 7.21. The van der Waals surface area contributed by atoms with Crippen molar-refractivity contribution >= 4 is 17.1 Å². The third kappa shape index (κ3) is 3.59. The highest BCUT2D eigenvalue weighted by atomic mass is 16.6. The first kappa shape index (κ1) is 14.2. The minimum atomic E-state index is -0.434. The maximum absolute atomic E-state index is 10.6. The van der Waals surface area contributed by atoms with Crippen LogP contribution in [0, 0.1) is 10.1 Å². The van der Waals surface area contributed by atoms with Gasteiger partial charge in [0, 0.05) is 31.8 Å². The van der Waals surface area contributed by atoms with Gasteiger partial charge in [-0.15, -0.1) is 0 Å². The number of hydrogen-bond acceptors (Lipinski definition) is 5. The Morgan fingerprint density at radius 3 is 2.44 bits per heavy atom. The van der Waals surface area contributed by atoms with E-state index in [0.29, 0.717) is 5.69 Å². The number of nitrogens with two attached hydrogens (primary N) is 1. The monoisotopic (exact) mass is 252 g/mol. The predicted octanol–water partition coefficient (Wildman–Crippen LogP) is 1.56. The van der Waals surface area contributed by atoms with Gasteiger partial charge in [0.25, 0.3) is 5.69 Å². The zero-order chi connectivity index (χ0) is 13.7. The molecule has 6 heteroatoms. The summed E-state index contributed by atoms with van der Waals surface area (Å²) in [4.78, 5) is 14.4. The van der Waals surface area contributed by atoms with Crippen molar-refractivity contribution < 1.29 is 4.92 Å². The molecule has 0 aliphatic rings. The summed E-state index contributed by atoms with van der Waals surface area (Å²) >= 11 is 0. The second-order valence-electron chi connectivity index (χ2n) is 4.38. The van der Waals surface area contributed by atoms with E-state index in [1.54, 1.807) is 6.07 Å². The van der Waals surface area contributed by atoms with Crippen molar-refractivity contribution in [2.24, 2.45) is 0 Å². The Hall–Kier alpha value is -1.82. The number of rotatable bonds is 6. The van der Waals surface area contributed by atoms with Gasteiger partial charge in [0.1, 0.15) is 0 Å². The number of nitro groups is 1. The van der Waals surface area contributed by atoms with Crippen molar-refractivity contribution in [1.29, 1.82) is 0 Å². The largest absolute Gasteiger partial charge is 0.397 e. The molecule has 0 unspecified atom stereocenters. The Morgan fingerprint density at radius 1 is 1.33 bits per heavy atom. The molecule has 0 bridgehead atoms. The molecule has 2 N–H and O–H groups in total. The Morgan fingerprint density at radius 2 is 2.00 bits per heavy atom. The van der Waals surface area contributed by atoms with Gasteiger partial charge >= 0.3 is 0 Å². The molecule has 1 aromatic carbocycles. The molecule has 0 atom stereocenters. The van der Waals surface area contributed by atoms with Crippen LogP contribution in [0.5, 0.6) is 0 Å². The molecular formula is C12H20N4O2. The lowest BCUT2D eigenvalue weighted by molar-refractivity contribution is -0.384. The minimum absolute atomic E-state index is 0.0277. The molecule has 0 saturated heterocycles. The number of nitro benzene ring substituents is 1. The molecule has 0 aliphatic carbocycles. The molecule has 100 valence electrons. The summed E-state index contributed by atoms with van der Waals surface area (Å²) in [6.07, 6.45) is 0. The standard InChI is InChI=1S/C12H20N4O2/c1-4-15(8-7-14(2)3)12-6-5-10(16(17)18)9-11(12)13/h5-6,9H,4,7-8,13H2,1-3H3. The predicted molar refractivity (Wildman–Crippen MR) is 73.9 cm³/mol. The normalized spacial score (nSPS) is 10.7. The van der Waals surface area contributed by atoms with E-state index in [-0.39, 0.29) is 5.69 Å². The number of nitrogen functional groups attached to an aromatic ring is 1. The van der Waals surface area contributed by atoms with Crippen LogP contribution in [0.25, 0.3) is 0 Å². The Bertz CT molecular complexity index is 421. The average Bonchev–Trinajstić information content (AvgIpc) is 2.30. The molecule has 6 nitrogen and oxygen atoms in total. The zero-order valence-corrected chi connectivity index (χ0v) is 11.1. The van der Waals surface area contributed by atoms with Crippen LogP contribution in [0.4, 0.5) is 17.1 Å². The first-order valence-corrected chi connectivity index (χ1v) is 5.89. The third-order valence-electron chi connectivity index (χ3n) is 2.76. The van der Waals surface area contributed by atoms with Gasteiger partial charge in [-0.3, -0.25) is 10.1 Å². The number of hydrogen-bond donors (Lipinski definition) is 1. The van der Waals surface area contributed by atoms with Crippen LogP contribution in [-0.2, 0) is 0 Å². The maximum Gasteiger partial charge on any atom is 0.271 e. The number of likely N-dealkylation sites (N-methyl/N-ethyl adjacent to an activating group) is 2. The van der Waals surface area contributed by atoms with Crippen LogP contribution < -0.4 is 10.6 Å². The van der Waals surface area contributed by atoms with Crippen LogP contribution in [-0.4, -0.2) is 43.6 Å². The highest BCUT2D eigenvalue weighted by molar-refractivity contribution is 5.70. The van der Waals surface area contributed by atoms with E-state index in [0.717, 1.165) is 25.3 Å². The molecule has 0 fully saturated rings. The fourth-order valence-electron chi connectivity index (χ4n) is 1.71. The van der Waals surface area contributed by atoms with Crippen LogP contribution in [0.2, 0.25) is 0 Å². The lowest BCUT2D eigenvalue weighted by atomic mass is 10.2. The van der Waals surface area contributed by atoms with Crippen LogP contribution in [0.3, 0.4) is 0 Å². The lowest BCUT2D eigenvalue weighted by Crippen LogP contribution is -2.32. The maximum atomic E-state index is 10.6. The summed E-state index contributed by atoms with van der Waals surface area (Å²) in [6.45, 7) is 4.60. The minimum Gasteiger partial charge on any atom is -0.397 e. The van der Waals surface area contributed by atoms with Crippen LogP contribution >= 0.6 is 0 Å². The number of benzene rings is 1. The van der Waals surface area contributed by atoms with E-state index in [1.807, 2.05) is 21.0 Å². The van der Waals surface area contributed by atoms with Crippen molar-refractivity contribution in [3.05, 3.63) is 28.3 Å². The number of non-ortho nitro benzene ring substituents is 1. The lowest BCUT2D eigenvalue weighted by Gasteiger charge is -2.26. The van der Waals surface area contributed by atoms with E-state index in [1.165, 1.54) is 12.1 Å². The van der Waals surface area contributed by atoms with Crippen molar-refractivity contribution in [3.8, 4) is 0 Å². The van der Waals surface area contributed by atoms with Crippen molar-refractivity contribution in [2.75, 3.05) is 44.4 Å². The zero-order valence-electron chi connectivity index (χ0n) is 11.1. The van der Waals surface area contributed by atoms with Gasteiger partial charge in [-0.2, -0.15) is 0 Å². The molecule has 1 rings (SSSR count). The van der Waals surface area contributed by atoms with Crippen LogP contribution in [0.15, 0.2) is 18.2 Å². The summed E-state index contributed by atoms with van der Waals surface area (Å²) in [6, 6.07) is 4.62. The molecule has 0 amide bonds. The van der Waals surface area contributed by atoms with Gasteiger partial charge in [-0.25, -0.2) is 0 Å². The highest BCUT2D eigenvalue weighted by Gasteiger charge is 2.12. The fraction of sp³-hybridized carbons (Fsp3) is 0.500. The molecule has 1 aromatic rings. The molecule has 18 heavy (non-hydrogen) atoms. The van der Waals surface area contributed by atoms with Gasteiger partial charge in [0.2, 0.25) is 0 Å². The quantitative estimate of drug-likeness (QED) is 0.472. The van der Waals surface area contributed by atoms with Crippen LogP contribution in [0.1, 0.15) is 6.92 Å². The van der Waals surface area contributed by atoms with Crippen molar-refractivity contribution in [3.63, 3.8) is 0 Å². The van der Waals surface area contributed by atoms with E-state index < -0.39 is 4.92 Å². The Balaban J connectivity index is 2.89. The molecule has 0 aliphatic heterocycles. The van der Waals surface area contributed by atoms with Gasteiger partial charge < -0.3 is 15.5 Å². The molecule has 0 saturated carbocycles. The second-order valence-corrected chi connectivity index (χ2v) is 4.38. The summed E-state index contributed by atoms with van der Waals surface area (Å²) in [7, 11) is 4.01. The highest BCUT2D eigenvalue weighted by Crippen LogP contribution is 2.27. The summed E-state index contributed by atoms with van der Waals surface area (Å²) in [5.74, 6) is 0. The molecule has 0 radical (unpaired) electrons. The summed E-state index contributed by atoms with van der Waals surface area (Å²) < 4.78 is 0. The number of anilines is 2. The molecule has 0 aromatic heterocycles. The fourth-order valence-corrected chi connectivity index (χ4v) is 1.71. The molecule has 0 heterocycles. The topological polar surface area (TPSA) is 75.6 Å². The van der Waals surface area contributed by atoms with E-state index in [4.69, 9.17) is 5.73 Å². The van der Waals surface area contributed by atoms with Gasteiger partial charge in [0.15, 0.2) is 0 Å². The number of nitrogens with zero attached hydrogens (tertiary/aromatic N) is 3. The Labute approximate surface area is 107 Å². The van der Waals surface area contributed by atoms with E-state index in [9.17, 15) is 10.1 Å². The van der Waals surface area contributed by atoms with E-state index >= 15 is 0 Å². The first-order valence-electron chi connectivity index (χ1n) is 5.89. The average molecular weight is 252 g/mol.